The first-order valence-corrected chi connectivity index (χ1v) is 10.5. The van der Waals surface area contributed by atoms with Gasteiger partial charge in [0.15, 0.2) is 5.69 Å². The van der Waals surface area contributed by atoms with Crippen LogP contribution in [-0.4, -0.2) is 62.3 Å². The number of anilines is 1. The molecule has 9 nitrogen and oxygen atoms in total. The average molecular weight is 429 g/mol. The van der Waals surface area contributed by atoms with Gasteiger partial charge in [-0.2, -0.15) is 5.10 Å². The molecule has 32 heavy (non-hydrogen) atoms. The van der Waals surface area contributed by atoms with Crippen LogP contribution in [0.3, 0.4) is 0 Å². The normalized spacial score (nSPS) is 14.5. The number of carbonyl (C=O) groups is 1. The Balaban J connectivity index is 1.40. The van der Waals surface area contributed by atoms with Gasteiger partial charge in [0.1, 0.15) is 5.82 Å². The van der Waals surface area contributed by atoms with Crippen LogP contribution in [0.5, 0.6) is 0 Å². The molecular formula is C23H23N7O2. The Labute approximate surface area is 184 Å². The third-order valence-corrected chi connectivity index (χ3v) is 5.45. The number of amides is 1. The lowest BCUT2D eigenvalue weighted by molar-refractivity contribution is 0.0341. The van der Waals surface area contributed by atoms with Crippen molar-refractivity contribution in [2.24, 2.45) is 0 Å². The number of nitrogens with one attached hydrogen (secondary N) is 2. The van der Waals surface area contributed by atoms with Gasteiger partial charge in [-0.25, -0.2) is 9.97 Å². The van der Waals surface area contributed by atoms with Crippen LogP contribution in [0.4, 0.5) is 5.69 Å². The van der Waals surface area contributed by atoms with Crippen LogP contribution in [0, 0.1) is 6.92 Å². The SMILES string of the molecule is Cc1ncc(NC(=O)c2n[nH]c3ccc(-c4cncc(CN5CCOCC5)c4)cc23)cn1. The molecule has 0 saturated carbocycles. The van der Waals surface area contributed by atoms with Crippen molar-refractivity contribution in [3.8, 4) is 11.1 Å². The molecule has 0 atom stereocenters. The van der Waals surface area contributed by atoms with Gasteiger partial charge >= 0.3 is 0 Å². The Morgan fingerprint density at radius 3 is 2.72 bits per heavy atom. The van der Waals surface area contributed by atoms with E-state index in [1.807, 2.05) is 30.6 Å². The zero-order valence-corrected chi connectivity index (χ0v) is 17.7. The number of ether oxygens (including phenoxy) is 1. The third kappa shape index (κ3) is 4.34. The van der Waals surface area contributed by atoms with Gasteiger partial charge in [0.05, 0.1) is 36.8 Å². The number of aromatic amines is 1. The Morgan fingerprint density at radius 2 is 1.91 bits per heavy atom. The monoisotopic (exact) mass is 429 g/mol. The number of nitrogens with zero attached hydrogens (tertiary/aromatic N) is 5. The van der Waals surface area contributed by atoms with Crippen LogP contribution in [0.2, 0.25) is 0 Å². The van der Waals surface area contributed by atoms with Gasteiger partial charge < -0.3 is 10.1 Å². The van der Waals surface area contributed by atoms with E-state index < -0.39 is 0 Å². The smallest absolute Gasteiger partial charge is 0.276 e. The largest absolute Gasteiger partial charge is 0.379 e. The molecule has 1 aromatic carbocycles. The van der Waals surface area contributed by atoms with Crippen molar-refractivity contribution >= 4 is 22.5 Å². The Bertz CT molecular complexity index is 1250. The molecular weight excluding hydrogens is 406 g/mol. The van der Waals surface area contributed by atoms with Gasteiger partial charge in [-0.1, -0.05) is 6.07 Å². The second-order valence-electron chi connectivity index (χ2n) is 7.78. The van der Waals surface area contributed by atoms with Crippen molar-refractivity contribution in [1.29, 1.82) is 0 Å². The molecule has 0 aliphatic carbocycles. The summed E-state index contributed by atoms with van der Waals surface area (Å²) in [7, 11) is 0. The number of pyridine rings is 1. The van der Waals surface area contributed by atoms with Crippen molar-refractivity contribution in [2.75, 3.05) is 31.6 Å². The van der Waals surface area contributed by atoms with Crippen molar-refractivity contribution in [1.82, 2.24) is 30.0 Å². The Hall–Kier alpha value is -3.69. The lowest BCUT2D eigenvalue weighted by atomic mass is 10.0. The molecule has 162 valence electrons. The summed E-state index contributed by atoms with van der Waals surface area (Å²) in [6.07, 6.45) is 6.89. The van der Waals surface area contributed by atoms with E-state index >= 15 is 0 Å². The van der Waals surface area contributed by atoms with Crippen LogP contribution in [0.25, 0.3) is 22.0 Å². The molecule has 2 N–H and O–H groups in total. The number of aryl methyl sites for hydroxylation is 1. The molecule has 1 aliphatic heterocycles. The fraction of sp³-hybridized carbons (Fsp3) is 0.261. The Morgan fingerprint density at radius 1 is 1.09 bits per heavy atom. The molecule has 3 aromatic heterocycles. The fourth-order valence-corrected chi connectivity index (χ4v) is 3.76. The minimum atomic E-state index is -0.319. The van der Waals surface area contributed by atoms with E-state index in [4.69, 9.17) is 4.74 Å². The quantitative estimate of drug-likeness (QED) is 0.502. The Kier molecular flexibility index (Phi) is 5.57. The number of H-pyrrole nitrogens is 1. The second-order valence-corrected chi connectivity index (χ2v) is 7.78. The molecule has 0 unspecified atom stereocenters. The molecule has 0 spiro atoms. The molecule has 0 bridgehead atoms. The van der Waals surface area contributed by atoms with Gasteiger partial charge in [-0.05, 0) is 36.2 Å². The van der Waals surface area contributed by atoms with Crippen LogP contribution in [0.1, 0.15) is 21.9 Å². The van der Waals surface area contributed by atoms with Crippen LogP contribution >= 0.6 is 0 Å². The highest BCUT2D eigenvalue weighted by molar-refractivity contribution is 6.11. The predicted octanol–water partition coefficient (Wildman–Crippen LogP) is 2.81. The molecule has 4 aromatic rings. The predicted molar refractivity (Wildman–Crippen MR) is 120 cm³/mol. The summed E-state index contributed by atoms with van der Waals surface area (Å²) in [6.45, 7) is 6.02. The summed E-state index contributed by atoms with van der Waals surface area (Å²) in [4.78, 5) is 27.8. The average Bonchev–Trinajstić information content (AvgIpc) is 3.25. The lowest BCUT2D eigenvalue weighted by Gasteiger charge is -2.26. The molecule has 1 aliphatic rings. The highest BCUT2D eigenvalue weighted by Gasteiger charge is 2.16. The van der Waals surface area contributed by atoms with E-state index in [9.17, 15) is 4.79 Å². The van der Waals surface area contributed by atoms with Crippen molar-refractivity contribution in [3.63, 3.8) is 0 Å². The first-order valence-electron chi connectivity index (χ1n) is 10.5. The molecule has 0 radical (unpaired) electrons. The van der Waals surface area contributed by atoms with Gasteiger partial charge in [0.25, 0.3) is 5.91 Å². The molecule has 1 fully saturated rings. The third-order valence-electron chi connectivity index (χ3n) is 5.45. The highest BCUT2D eigenvalue weighted by Crippen LogP contribution is 2.26. The number of morpholine rings is 1. The zero-order valence-electron chi connectivity index (χ0n) is 17.7. The molecule has 5 rings (SSSR count). The summed E-state index contributed by atoms with van der Waals surface area (Å²) in [5.41, 5.74) is 4.75. The van der Waals surface area contributed by atoms with Crippen molar-refractivity contribution < 1.29 is 9.53 Å². The van der Waals surface area contributed by atoms with E-state index in [0.29, 0.717) is 17.2 Å². The van der Waals surface area contributed by atoms with E-state index in [-0.39, 0.29) is 5.91 Å². The summed E-state index contributed by atoms with van der Waals surface area (Å²) in [5.74, 6) is 0.322. The maximum absolute atomic E-state index is 12.8. The first kappa shape index (κ1) is 20.2. The van der Waals surface area contributed by atoms with Crippen molar-refractivity contribution in [2.45, 2.75) is 13.5 Å². The number of hydrogen-bond acceptors (Lipinski definition) is 7. The minimum Gasteiger partial charge on any atom is -0.379 e. The van der Waals surface area contributed by atoms with E-state index in [2.05, 4.69) is 41.4 Å². The molecule has 1 saturated heterocycles. The highest BCUT2D eigenvalue weighted by atomic mass is 16.5. The topological polar surface area (TPSA) is 109 Å². The van der Waals surface area contributed by atoms with Gasteiger partial charge in [-0.15, -0.1) is 0 Å². The lowest BCUT2D eigenvalue weighted by Crippen LogP contribution is -2.35. The van der Waals surface area contributed by atoms with Crippen molar-refractivity contribution in [3.05, 3.63) is 66.1 Å². The van der Waals surface area contributed by atoms with E-state index in [0.717, 1.165) is 60.4 Å². The minimum absolute atomic E-state index is 0.319. The number of carbonyl (C=O) groups excluding carboxylic acids is 1. The summed E-state index contributed by atoms with van der Waals surface area (Å²) >= 11 is 0. The fourth-order valence-electron chi connectivity index (χ4n) is 3.76. The van der Waals surface area contributed by atoms with Gasteiger partial charge in [0, 0.05) is 43.0 Å². The van der Waals surface area contributed by atoms with Gasteiger partial charge in [-0.3, -0.25) is 19.8 Å². The summed E-state index contributed by atoms with van der Waals surface area (Å²) in [6, 6.07) is 8.05. The maximum atomic E-state index is 12.8. The van der Waals surface area contributed by atoms with E-state index in [1.165, 1.54) is 0 Å². The standard InChI is InChI=1S/C23H23N7O2/c1-15-25-12-19(13-26-15)27-23(31)22-20-9-17(2-3-21(20)28-29-22)18-8-16(10-24-11-18)14-30-4-6-32-7-5-30/h2-3,8-13H,4-7,14H2,1H3,(H,27,31)(H,28,29). The molecule has 4 heterocycles. The number of hydrogen-bond donors (Lipinski definition) is 2. The van der Waals surface area contributed by atoms with Crippen LogP contribution in [0.15, 0.2) is 49.1 Å². The molecule has 1 amide bonds. The van der Waals surface area contributed by atoms with Crippen LogP contribution < -0.4 is 5.32 Å². The summed E-state index contributed by atoms with van der Waals surface area (Å²) in [5, 5.41) is 10.7. The first-order chi connectivity index (χ1) is 15.7. The number of benzene rings is 1. The summed E-state index contributed by atoms with van der Waals surface area (Å²) < 4.78 is 5.43. The second kappa shape index (κ2) is 8.81. The number of aromatic nitrogens is 5. The number of fused-ring (bicyclic) bond motifs is 1. The number of rotatable bonds is 5. The zero-order chi connectivity index (χ0) is 21.9. The van der Waals surface area contributed by atoms with Gasteiger partial charge in [0.2, 0.25) is 0 Å². The van der Waals surface area contributed by atoms with Crippen LogP contribution in [-0.2, 0) is 11.3 Å². The van der Waals surface area contributed by atoms with E-state index in [1.54, 1.807) is 19.3 Å². The maximum Gasteiger partial charge on any atom is 0.276 e. The molecule has 9 heteroatoms.